The second-order valence-electron chi connectivity index (χ2n) is 9.32. The van der Waals surface area contributed by atoms with Gasteiger partial charge in [0.05, 0.1) is 18.0 Å². The number of aromatic hydroxyl groups is 1. The van der Waals surface area contributed by atoms with Gasteiger partial charge in [0.1, 0.15) is 11.6 Å². The molecule has 2 aromatic carbocycles. The van der Waals surface area contributed by atoms with Gasteiger partial charge in [0.25, 0.3) is 5.56 Å². The van der Waals surface area contributed by atoms with Gasteiger partial charge >= 0.3 is 0 Å². The standard InChI is InChI=1S/C30H33N3O5S/c1-5-7-13-27-32-29(34)28(30(35)33(27)26(6-2)22-10-8-11-23(19-22)38-4)39(36,37)24-16-14-21(15-17-24)25-12-9-18-31-20(25)3/h8-12,14-19,26,35H,5-7,13H2,1-4H3. The minimum absolute atomic E-state index is 0.107. The lowest BCUT2D eigenvalue weighted by Crippen LogP contribution is -2.27. The van der Waals surface area contributed by atoms with E-state index in [0.29, 0.717) is 24.4 Å². The predicted molar refractivity (Wildman–Crippen MR) is 150 cm³/mol. The van der Waals surface area contributed by atoms with E-state index >= 15 is 0 Å². The van der Waals surface area contributed by atoms with Crippen molar-refractivity contribution in [2.75, 3.05) is 7.11 Å². The van der Waals surface area contributed by atoms with E-state index in [4.69, 9.17) is 4.74 Å². The highest BCUT2D eigenvalue weighted by Crippen LogP contribution is 2.35. The largest absolute Gasteiger partial charge is 0.497 e. The van der Waals surface area contributed by atoms with E-state index in [9.17, 15) is 18.3 Å². The fourth-order valence-corrected chi connectivity index (χ4v) is 6.10. The lowest BCUT2D eigenvalue weighted by Gasteiger charge is -2.25. The van der Waals surface area contributed by atoms with Crippen molar-refractivity contribution in [3.8, 4) is 22.8 Å². The third-order valence-corrected chi connectivity index (χ3v) is 8.60. The fraction of sp³-hybridized carbons (Fsp3) is 0.300. The van der Waals surface area contributed by atoms with Gasteiger partial charge in [-0.2, -0.15) is 4.98 Å². The Balaban J connectivity index is 1.87. The molecule has 4 rings (SSSR count). The van der Waals surface area contributed by atoms with Gasteiger partial charge < -0.3 is 9.84 Å². The number of aromatic nitrogens is 3. The monoisotopic (exact) mass is 547 g/mol. The van der Waals surface area contributed by atoms with Crippen molar-refractivity contribution in [3.05, 3.63) is 94.3 Å². The van der Waals surface area contributed by atoms with Gasteiger partial charge in [0, 0.05) is 23.9 Å². The van der Waals surface area contributed by atoms with Crippen LogP contribution in [0, 0.1) is 6.92 Å². The highest BCUT2D eigenvalue weighted by Gasteiger charge is 2.32. The lowest BCUT2D eigenvalue weighted by molar-refractivity contribution is 0.357. The normalized spacial score (nSPS) is 12.3. The van der Waals surface area contributed by atoms with Gasteiger partial charge in [-0.05, 0) is 61.2 Å². The van der Waals surface area contributed by atoms with Gasteiger partial charge in [-0.3, -0.25) is 14.3 Å². The van der Waals surface area contributed by atoms with E-state index < -0.39 is 32.2 Å². The summed E-state index contributed by atoms with van der Waals surface area (Å²) in [4.78, 5) is 20.8. The molecule has 0 saturated carbocycles. The zero-order chi connectivity index (χ0) is 28.2. The second-order valence-corrected chi connectivity index (χ2v) is 11.2. The van der Waals surface area contributed by atoms with Gasteiger partial charge in [0.15, 0.2) is 4.90 Å². The van der Waals surface area contributed by atoms with Crippen molar-refractivity contribution in [3.63, 3.8) is 0 Å². The Morgan fingerprint density at radius 3 is 2.44 bits per heavy atom. The van der Waals surface area contributed by atoms with Gasteiger partial charge in [-0.25, -0.2) is 8.42 Å². The number of methoxy groups -OCH3 is 1. The van der Waals surface area contributed by atoms with Crippen LogP contribution in [0.15, 0.2) is 81.4 Å². The molecule has 0 radical (unpaired) electrons. The number of hydrogen-bond acceptors (Lipinski definition) is 7. The maximum absolute atomic E-state index is 13.8. The number of nitrogens with zero attached hydrogens (tertiary/aromatic N) is 3. The summed E-state index contributed by atoms with van der Waals surface area (Å²) >= 11 is 0. The summed E-state index contributed by atoms with van der Waals surface area (Å²) in [5.41, 5.74) is 2.30. The summed E-state index contributed by atoms with van der Waals surface area (Å²) in [6.45, 7) is 5.81. The zero-order valence-electron chi connectivity index (χ0n) is 22.6. The summed E-state index contributed by atoms with van der Waals surface area (Å²) in [7, 11) is -2.83. The molecule has 2 aromatic heterocycles. The van der Waals surface area contributed by atoms with Crippen LogP contribution < -0.4 is 10.3 Å². The van der Waals surface area contributed by atoms with Crippen molar-refractivity contribution < 1.29 is 18.3 Å². The summed E-state index contributed by atoms with van der Waals surface area (Å²) in [6.07, 6.45) is 4.19. The molecule has 0 aliphatic heterocycles. The number of unbranched alkanes of at least 4 members (excludes halogenated alkanes) is 1. The van der Waals surface area contributed by atoms with Crippen molar-refractivity contribution in [1.82, 2.24) is 14.5 Å². The smallest absolute Gasteiger partial charge is 0.296 e. The van der Waals surface area contributed by atoms with E-state index in [1.54, 1.807) is 25.4 Å². The minimum atomic E-state index is -4.39. The molecule has 1 atom stereocenters. The fourth-order valence-electron chi connectivity index (χ4n) is 4.76. The van der Waals surface area contributed by atoms with E-state index in [1.165, 1.54) is 16.7 Å². The van der Waals surface area contributed by atoms with E-state index in [0.717, 1.165) is 35.2 Å². The molecule has 39 heavy (non-hydrogen) atoms. The van der Waals surface area contributed by atoms with E-state index in [-0.39, 0.29) is 4.90 Å². The van der Waals surface area contributed by atoms with Crippen LogP contribution in [0.2, 0.25) is 0 Å². The van der Waals surface area contributed by atoms with E-state index in [2.05, 4.69) is 9.97 Å². The Morgan fingerprint density at radius 1 is 1.05 bits per heavy atom. The highest BCUT2D eigenvalue weighted by atomic mass is 32.2. The minimum Gasteiger partial charge on any atom is -0.497 e. The molecule has 0 aliphatic rings. The Labute approximate surface area is 228 Å². The molecule has 0 fully saturated rings. The first-order chi connectivity index (χ1) is 18.7. The van der Waals surface area contributed by atoms with Crippen molar-refractivity contribution >= 4 is 9.84 Å². The quantitative estimate of drug-likeness (QED) is 0.279. The Bertz CT molecular complexity index is 1630. The SMILES string of the molecule is CCCCc1nc(=O)c(S(=O)(=O)c2ccc(-c3cccnc3C)cc2)c(O)n1C(CC)c1cccc(OC)c1. The predicted octanol–water partition coefficient (Wildman–Crippen LogP) is 5.50. The van der Waals surface area contributed by atoms with Crippen LogP contribution in [-0.2, 0) is 16.3 Å². The number of sulfone groups is 1. The third-order valence-electron chi connectivity index (χ3n) is 6.82. The maximum Gasteiger partial charge on any atom is 0.296 e. The number of pyridine rings is 1. The van der Waals surface area contributed by atoms with Crippen LogP contribution in [0.25, 0.3) is 11.1 Å². The molecular formula is C30H33N3O5S. The molecule has 0 amide bonds. The van der Waals surface area contributed by atoms with Crippen LogP contribution in [0.3, 0.4) is 0 Å². The van der Waals surface area contributed by atoms with Crippen molar-refractivity contribution in [2.45, 2.75) is 62.3 Å². The van der Waals surface area contributed by atoms with Crippen LogP contribution in [-0.4, -0.2) is 35.2 Å². The molecule has 2 heterocycles. The first kappa shape index (κ1) is 28.0. The molecule has 0 aliphatic carbocycles. The van der Waals surface area contributed by atoms with Crippen molar-refractivity contribution in [2.24, 2.45) is 0 Å². The van der Waals surface area contributed by atoms with Crippen LogP contribution in [0.1, 0.15) is 56.2 Å². The molecule has 0 spiro atoms. The molecule has 1 unspecified atom stereocenters. The molecule has 1 N–H and O–H groups in total. The van der Waals surface area contributed by atoms with Gasteiger partial charge in [-0.15, -0.1) is 0 Å². The van der Waals surface area contributed by atoms with Crippen molar-refractivity contribution in [1.29, 1.82) is 0 Å². The number of hydrogen-bond donors (Lipinski definition) is 1. The molecular weight excluding hydrogens is 514 g/mol. The molecule has 204 valence electrons. The number of ether oxygens (including phenoxy) is 1. The first-order valence-electron chi connectivity index (χ1n) is 13.0. The summed E-state index contributed by atoms with van der Waals surface area (Å²) < 4.78 is 34.4. The van der Waals surface area contributed by atoms with Gasteiger partial charge in [0.2, 0.25) is 15.7 Å². The van der Waals surface area contributed by atoms with Crippen LogP contribution >= 0.6 is 0 Å². The van der Waals surface area contributed by atoms with Crippen LogP contribution in [0.5, 0.6) is 11.6 Å². The molecule has 4 aromatic rings. The zero-order valence-corrected chi connectivity index (χ0v) is 23.4. The molecule has 0 bridgehead atoms. The summed E-state index contributed by atoms with van der Waals surface area (Å²) in [5.74, 6) is 0.365. The van der Waals surface area contributed by atoms with E-state index in [1.807, 2.05) is 57.2 Å². The maximum atomic E-state index is 13.8. The number of rotatable bonds is 10. The summed E-state index contributed by atoms with van der Waals surface area (Å²) in [5, 5.41) is 11.5. The Kier molecular flexibility index (Phi) is 8.50. The lowest BCUT2D eigenvalue weighted by atomic mass is 10.0. The van der Waals surface area contributed by atoms with Gasteiger partial charge in [-0.1, -0.05) is 50.6 Å². The summed E-state index contributed by atoms with van der Waals surface area (Å²) in [6, 6.07) is 16.8. The second kappa shape index (κ2) is 11.8. The Morgan fingerprint density at radius 2 is 1.79 bits per heavy atom. The molecule has 8 nitrogen and oxygen atoms in total. The first-order valence-corrected chi connectivity index (χ1v) is 14.5. The average molecular weight is 548 g/mol. The third kappa shape index (κ3) is 5.59. The number of benzene rings is 2. The Hall–Kier alpha value is -3.98. The van der Waals surface area contributed by atoms with Crippen LogP contribution in [0.4, 0.5) is 0 Å². The average Bonchev–Trinajstić information content (AvgIpc) is 2.94. The molecule has 0 saturated heterocycles. The highest BCUT2D eigenvalue weighted by molar-refractivity contribution is 7.91. The topological polar surface area (TPSA) is 111 Å². The number of aryl methyl sites for hydroxylation is 2. The molecule has 9 heteroatoms.